The second kappa shape index (κ2) is 2.08. The highest BCUT2D eigenvalue weighted by molar-refractivity contribution is 5.90. The zero-order valence-electron chi connectivity index (χ0n) is 6.00. The molecule has 0 aromatic carbocycles. The first-order valence-electron chi connectivity index (χ1n) is 3.29. The summed E-state index contributed by atoms with van der Waals surface area (Å²) in [6, 6.07) is 0. The van der Waals surface area contributed by atoms with E-state index in [9.17, 15) is 9.59 Å². The summed E-state index contributed by atoms with van der Waals surface area (Å²) in [5.74, 6) is -1.41. The van der Waals surface area contributed by atoms with Gasteiger partial charge in [-0.05, 0) is 12.8 Å². The zero-order chi connectivity index (χ0) is 7.89. The Labute approximate surface area is 59.0 Å². The smallest absolute Gasteiger partial charge is 0.307 e. The van der Waals surface area contributed by atoms with Crippen LogP contribution in [0.4, 0.5) is 0 Å². The van der Waals surface area contributed by atoms with Crippen molar-refractivity contribution in [2.24, 2.45) is 17.8 Å². The van der Waals surface area contributed by atoms with E-state index in [1.807, 2.05) is 0 Å². The van der Waals surface area contributed by atoms with Crippen LogP contribution < -0.4 is 0 Å². The molecule has 10 heavy (non-hydrogen) atoms. The molecule has 0 spiro atoms. The van der Waals surface area contributed by atoms with Crippen LogP contribution in [0.3, 0.4) is 0 Å². The van der Waals surface area contributed by atoms with E-state index in [0.29, 0.717) is 0 Å². The Morgan fingerprint density at radius 3 is 1.90 bits per heavy atom. The fourth-order valence-electron chi connectivity index (χ4n) is 1.46. The van der Waals surface area contributed by atoms with E-state index in [4.69, 9.17) is 5.11 Å². The minimum absolute atomic E-state index is 0.0000926. The van der Waals surface area contributed by atoms with E-state index in [2.05, 4.69) is 0 Å². The standard InChI is InChI=1S/C7H10O3/c1-3-5(4(2)8)6(3)7(9)10/h3,5-6H,1-2H3,(H,9,10)/t3-,5+,6-/m1/s1. The van der Waals surface area contributed by atoms with Crippen molar-refractivity contribution >= 4 is 11.8 Å². The third kappa shape index (κ3) is 0.916. The summed E-state index contributed by atoms with van der Waals surface area (Å²) in [4.78, 5) is 21.0. The van der Waals surface area contributed by atoms with Crippen LogP contribution in [0.25, 0.3) is 0 Å². The molecule has 0 aromatic rings. The van der Waals surface area contributed by atoms with Crippen molar-refractivity contribution in [3.05, 3.63) is 0 Å². The molecule has 0 bridgehead atoms. The highest BCUT2D eigenvalue weighted by atomic mass is 16.4. The Morgan fingerprint density at radius 2 is 1.80 bits per heavy atom. The van der Waals surface area contributed by atoms with Crippen LogP contribution in [0.2, 0.25) is 0 Å². The first-order chi connectivity index (χ1) is 4.55. The van der Waals surface area contributed by atoms with Crippen molar-refractivity contribution in [2.45, 2.75) is 13.8 Å². The molecule has 0 heterocycles. The maximum atomic E-state index is 10.7. The van der Waals surface area contributed by atoms with Gasteiger partial charge in [0.15, 0.2) is 0 Å². The van der Waals surface area contributed by atoms with Crippen LogP contribution in [0.5, 0.6) is 0 Å². The first kappa shape index (κ1) is 7.25. The van der Waals surface area contributed by atoms with Gasteiger partial charge in [0.05, 0.1) is 5.92 Å². The zero-order valence-corrected chi connectivity index (χ0v) is 6.00. The van der Waals surface area contributed by atoms with Crippen LogP contribution in [0.1, 0.15) is 13.8 Å². The summed E-state index contributed by atoms with van der Waals surface area (Å²) >= 11 is 0. The second-order valence-electron chi connectivity index (χ2n) is 2.86. The lowest BCUT2D eigenvalue weighted by Crippen LogP contribution is -2.03. The molecule has 1 N–H and O–H groups in total. The van der Waals surface area contributed by atoms with E-state index in [-0.39, 0.29) is 17.6 Å². The molecule has 0 radical (unpaired) electrons. The number of hydrogen-bond acceptors (Lipinski definition) is 2. The molecule has 1 fully saturated rings. The quantitative estimate of drug-likeness (QED) is 0.612. The second-order valence-corrected chi connectivity index (χ2v) is 2.86. The van der Waals surface area contributed by atoms with Gasteiger partial charge in [0.1, 0.15) is 5.78 Å². The van der Waals surface area contributed by atoms with Crippen molar-refractivity contribution in [1.82, 2.24) is 0 Å². The molecule has 56 valence electrons. The lowest BCUT2D eigenvalue weighted by atomic mass is 10.2. The number of carbonyl (C=O) groups excluding carboxylic acids is 1. The van der Waals surface area contributed by atoms with Gasteiger partial charge in [-0.25, -0.2) is 0 Å². The number of aliphatic carboxylic acids is 1. The molecule has 0 amide bonds. The molecular formula is C7H10O3. The number of rotatable bonds is 2. The van der Waals surface area contributed by atoms with E-state index < -0.39 is 11.9 Å². The molecule has 0 aliphatic heterocycles. The number of hydrogen-bond donors (Lipinski definition) is 1. The van der Waals surface area contributed by atoms with Crippen molar-refractivity contribution < 1.29 is 14.7 Å². The average Bonchev–Trinajstić information content (AvgIpc) is 2.40. The van der Waals surface area contributed by atoms with Crippen LogP contribution in [-0.4, -0.2) is 16.9 Å². The first-order valence-corrected chi connectivity index (χ1v) is 3.29. The van der Waals surface area contributed by atoms with Gasteiger partial charge < -0.3 is 5.11 Å². The Balaban J connectivity index is 2.57. The highest BCUT2D eigenvalue weighted by Crippen LogP contribution is 2.46. The Bertz CT molecular complexity index is 165. The van der Waals surface area contributed by atoms with Gasteiger partial charge >= 0.3 is 5.97 Å². The lowest BCUT2D eigenvalue weighted by molar-refractivity contribution is -0.140. The molecule has 1 rings (SSSR count). The Hall–Kier alpha value is -0.860. The Kier molecular flexibility index (Phi) is 1.50. The molecule has 0 aromatic heterocycles. The molecule has 1 aliphatic carbocycles. The number of ketones is 1. The minimum Gasteiger partial charge on any atom is -0.481 e. The third-order valence-electron chi connectivity index (χ3n) is 2.13. The van der Waals surface area contributed by atoms with E-state index in [0.717, 1.165) is 0 Å². The summed E-state index contributed by atoms with van der Waals surface area (Å²) in [5, 5.41) is 8.49. The molecule has 3 heteroatoms. The molecular weight excluding hydrogens is 132 g/mol. The summed E-state index contributed by atoms with van der Waals surface area (Å²) in [6.07, 6.45) is 0. The van der Waals surface area contributed by atoms with Gasteiger partial charge in [0, 0.05) is 5.92 Å². The van der Waals surface area contributed by atoms with Crippen molar-refractivity contribution in [2.75, 3.05) is 0 Å². The summed E-state index contributed by atoms with van der Waals surface area (Å²) < 4.78 is 0. The SMILES string of the molecule is CC(=O)[C@@H]1[C@@H](C)[C@H]1C(=O)O. The lowest BCUT2D eigenvalue weighted by Gasteiger charge is -1.85. The monoisotopic (exact) mass is 142 g/mol. The van der Waals surface area contributed by atoms with E-state index in [1.165, 1.54) is 6.92 Å². The molecule has 3 atom stereocenters. The summed E-state index contributed by atoms with van der Waals surface area (Å²) in [6.45, 7) is 3.24. The van der Waals surface area contributed by atoms with Crippen LogP contribution in [0.15, 0.2) is 0 Å². The van der Waals surface area contributed by atoms with Crippen LogP contribution >= 0.6 is 0 Å². The van der Waals surface area contributed by atoms with E-state index in [1.54, 1.807) is 6.92 Å². The van der Waals surface area contributed by atoms with Gasteiger partial charge in [0.25, 0.3) is 0 Å². The number of carboxylic acid groups (broad SMARTS) is 1. The third-order valence-corrected chi connectivity index (χ3v) is 2.13. The van der Waals surface area contributed by atoms with Crippen molar-refractivity contribution in [3.8, 4) is 0 Å². The average molecular weight is 142 g/mol. The molecule has 3 nitrogen and oxygen atoms in total. The molecule has 0 unspecified atom stereocenters. The van der Waals surface area contributed by atoms with Crippen LogP contribution in [0, 0.1) is 17.8 Å². The number of Topliss-reactive ketones (excluding diaryl/α,β-unsaturated/α-hetero) is 1. The maximum Gasteiger partial charge on any atom is 0.307 e. The fraction of sp³-hybridized carbons (Fsp3) is 0.714. The highest BCUT2D eigenvalue weighted by Gasteiger charge is 2.54. The fourth-order valence-corrected chi connectivity index (χ4v) is 1.46. The topological polar surface area (TPSA) is 54.4 Å². The van der Waals surface area contributed by atoms with Gasteiger partial charge in [-0.1, -0.05) is 6.92 Å². The molecule has 1 saturated carbocycles. The molecule has 0 saturated heterocycles. The van der Waals surface area contributed by atoms with Gasteiger partial charge in [-0.3, -0.25) is 9.59 Å². The predicted octanol–water partition coefficient (Wildman–Crippen LogP) is 0.542. The summed E-state index contributed by atoms with van der Waals surface area (Å²) in [5.41, 5.74) is 0. The van der Waals surface area contributed by atoms with E-state index >= 15 is 0 Å². The maximum absolute atomic E-state index is 10.7. The normalized spacial score (nSPS) is 37.2. The van der Waals surface area contributed by atoms with Crippen LogP contribution in [-0.2, 0) is 9.59 Å². The number of carboxylic acids is 1. The van der Waals surface area contributed by atoms with Crippen molar-refractivity contribution in [3.63, 3.8) is 0 Å². The molecule has 1 aliphatic rings. The van der Waals surface area contributed by atoms with Gasteiger partial charge in [0.2, 0.25) is 0 Å². The van der Waals surface area contributed by atoms with Gasteiger partial charge in [-0.15, -0.1) is 0 Å². The summed E-state index contributed by atoms with van der Waals surface area (Å²) in [7, 11) is 0. The van der Waals surface area contributed by atoms with Gasteiger partial charge in [-0.2, -0.15) is 0 Å². The largest absolute Gasteiger partial charge is 0.481 e. The number of carbonyl (C=O) groups is 2. The Morgan fingerprint density at radius 1 is 1.30 bits per heavy atom. The predicted molar refractivity (Wildman–Crippen MR) is 34.5 cm³/mol. The van der Waals surface area contributed by atoms with Crippen molar-refractivity contribution in [1.29, 1.82) is 0 Å². The minimum atomic E-state index is -0.840.